The molecule has 0 unspecified atom stereocenters. The summed E-state index contributed by atoms with van der Waals surface area (Å²) in [6.45, 7) is 8.77. The second kappa shape index (κ2) is 4.19. The van der Waals surface area contributed by atoms with Gasteiger partial charge in [-0.3, -0.25) is 0 Å². The molecule has 2 bridgehead atoms. The zero-order valence-corrected chi connectivity index (χ0v) is 12.9. The Balaban J connectivity index is 1.82. The Hall–Kier alpha value is -0.160. The van der Waals surface area contributed by atoms with E-state index in [0.29, 0.717) is 23.7 Å². The SMILES string of the molecule is C[C@H]1[C@H](C)O[C@@H]2O[C@]3(C)CC[C@H]4[C@H](C)CC[C@@H]1[C@@]24OO3. The lowest BCUT2D eigenvalue weighted by Crippen LogP contribution is -2.70. The van der Waals surface area contributed by atoms with Gasteiger partial charge >= 0.3 is 0 Å². The van der Waals surface area contributed by atoms with E-state index in [1.807, 2.05) is 6.92 Å². The molecular weight excluding hydrogens is 256 g/mol. The van der Waals surface area contributed by atoms with Gasteiger partial charge in [-0.2, -0.15) is 0 Å². The Morgan fingerprint density at radius 1 is 0.950 bits per heavy atom. The van der Waals surface area contributed by atoms with Crippen molar-refractivity contribution in [3.63, 3.8) is 0 Å². The van der Waals surface area contributed by atoms with E-state index >= 15 is 0 Å². The van der Waals surface area contributed by atoms with Crippen molar-refractivity contribution in [1.29, 1.82) is 0 Å². The lowest BCUT2D eigenvalue weighted by molar-refractivity contribution is -0.570. The van der Waals surface area contributed by atoms with E-state index in [2.05, 4.69) is 20.8 Å². The monoisotopic (exact) mass is 282 g/mol. The van der Waals surface area contributed by atoms with Gasteiger partial charge in [-0.15, -0.1) is 0 Å². The van der Waals surface area contributed by atoms with Gasteiger partial charge in [0.2, 0.25) is 5.79 Å². The van der Waals surface area contributed by atoms with Crippen LogP contribution in [0.5, 0.6) is 0 Å². The number of hydrogen-bond acceptors (Lipinski definition) is 4. The molecule has 0 N–H and O–H groups in total. The fourth-order valence-electron chi connectivity index (χ4n) is 5.08. The van der Waals surface area contributed by atoms with Gasteiger partial charge in [-0.1, -0.05) is 13.8 Å². The molecule has 4 heteroatoms. The summed E-state index contributed by atoms with van der Waals surface area (Å²) in [5.41, 5.74) is -0.389. The molecular formula is C16H26O4. The summed E-state index contributed by atoms with van der Waals surface area (Å²) in [6.07, 6.45) is 4.41. The first-order chi connectivity index (χ1) is 9.46. The standard InChI is InChI=1S/C16H26O4/c1-9-5-6-13-10(2)11(3)17-14-16(13)12(9)7-8-15(4,18-14)19-20-16/h9-14H,5-8H2,1-4H3/t9-,10+,11+,12+,13+,14-,15+,16-/m1/s1. The summed E-state index contributed by atoms with van der Waals surface area (Å²) in [5.74, 6) is 1.44. The van der Waals surface area contributed by atoms with E-state index < -0.39 is 5.79 Å². The fourth-order valence-corrected chi connectivity index (χ4v) is 5.08. The zero-order valence-electron chi connectivity index (χ0n) is 12.9. The molecule has 0 aromatic carbocycles. The minimum atomic E-state index is -0.641. The molecule has 20 heavy (non-hydrogen) atoms. The van der Waals surface area contributed by atoms with E-state index in [0.717, 1.165) is 12.8 Å². The highest BCUT2D eigenvalue weighted by molar-refractivity contribution is 5.09. The van der Waals surface area contributed by atoms with Crippen molar-refractivity contribution in [3.05, 3.63) is 0 Å². The van der Waals surface area contributed by atoms with E-state index in [1.165, 1.54) is 12.8 Å². The van der Waals surface area contributed by atoms with Crippen molar-refractivity contribution in [2.75, 3.05) is 0 Å². The molecule has 5 fully saturated rings. The highest BCUT2D eigenvalue weighted by atomic mass is 17.3. The molecule has 5 aliphatic rings. The van der Waals surface area contributed by atoms with E-state index in [4.69, 9.17) is 19.2 Å². The van der Waals surface area contributed by atoms with Crippen LogP contribution in [0, 0.1) is 23.7 Å². The summed E-state index contributed by atoms with van der Waals surface area (Å²) < 4.78 is 12.5. The van der Waals surface area contributed by atoms with Gasteiger partial charge in [0.25, 0.3) is 0 Å². The number of hydrogen-bond donors (Lipinski definition) is 0. The summed E-state index contributed by atoms with van der Waals surface area (Å²) >= 11 is 0. The van der Waals surface area contributed by atoms with Gasteiger partial charge in [0, 0.05) is 12.3 Å². The van der Waals surface area contributed by atoms with Crippen LogP contribution in [0.2, 0.25) is 0 Å². The Bertz CT molecular complexity index is 409. The Morgan fingerprint density at radius 2 is 1.75 bits per heavy atom. The van der Waals surface area contributed by atoms with Crippen LogP contribution in [0.3, 0.4) is 0 Å². The minimum absolute atomic E-state index is 0.219. The maximum absolute atomic E-state index is 6.23. The van der Waals surface area contributed by atoms with Crippen molar-refractivity contribution in [1.82, 2.24) is 0 Å². The quantitative estimate of drug-likeness (QED) is 0.639. The van der Waals surface area contributed by atoms with Gasteiger partial charge in [0.05, 0.1) is 6.10 Å². The first-order valence-electron chi connectivity index (χ1n) is 8.16. The number of rotatable bonds is 0. The fraction of sp³-hybridized carbons (Fsp3) is 1.00. The van der Waals surface area contributed by atoms with Crippen molar-refractivity contribution < 1.29 is 19.2 Å². The Kier molecular flexibility index (Phi) is 2.83. The van der Waals surface area contributed by atoms with Crippen LogP contribution >= 0.6 is 0 Å². The van der Waals surface area contributed by atoms with Gasteiger partial charge in [0.15, 0.2) is 11.9 Å². The highest BCUT2D eigenvalue weighted by Crippen LogP contribution is 2.60. The van der Waals surface area contributed by atoms with Gasteiger partial charge in [0.1, 0.15) is 0 Å². The van der Waals surface area contributed by atoms with Crippen LogP contribution < -0.4 is 0 Å². The first-order valence-corrected chi connectivity index (χ1v) is 8.16. The highest BCUT2D eigenvalue weighted by Gasteiger charge is 2.68. The third-order valence-electron chi connectivity index (χ3n) is 6.49. The lowest BCUT2D eigenvalue weighted by Gasteiger charge is -2.60. The molecule has 1 saturated carbocycles. The molecule has 0 radical (unpaired) electrons. The van der Waals surface area contributed by atoms with E-state index in [9.17, 15) is 0 Å². The maximum Gasteiger partial charge on any atom is 0.201 e. The summed E-state index contributed by atoms with van der Waals surface area (Å²) in [6, 6.07) is 0. The summed E-state index contributed by atoms with van der Waals surface area (Å²) in [7, 11) is 0. The molecule has 0 aromatic rings. The number of ether oxygens (including phenoxy) is 2. The second-order valence-electron chi connectivity index (χ2n) is 7.61. The molecule has 8 atom stereocenters. The Labute approximate surface area is 121 Å². The maximum atomic E-state index is 6.23. The van der Waals surface area contributed by atoms with Crippen molar-refractivity contribution >= 4 is 0 Å². The third kappa shape index (κ3) is 1.57. The van der Waals surface area contributed by atoms with Crippen molar-refractivity contribution in [2.24, 2.45) is 23.7 Å². The largest absolute Gasteiger partial charge is 0.346 e. The van der Waals surface area contributed by atoms with Crippen LogP contribution in [0.15, 0.2) is 0 Å². The minimum Gasteiger partial charge on any atom is -0.346 e. The predicted octanol–water partition coefficient (Wildman–Crippen LogP) is 3.26. The lowest BCUT2D eigenvalue weighted by atomic mass is 9.57. The van der Waals surface area contributed by atoms with Gasteiger partial charge < -0.3 is 9.47 Å². The molecule has 1 aliphatic carbocycles. The molecule has 4 nitrogen and oxygen atoms in total. The van der Waals surface area contributed by atoms with E-state index in [-0.39, 0.29) is 18.0 Å². The summed E-state index contributed by atoms with van der Waals surface area (Å²) in [5, 5.41) is 0. The normalized spacial score (nSPS) is 61.8. The topological polar surface area (TPSA) is 36.9 Å². The van der Waals surface area contributed by atoms with Crippen LogP contribution in [-0.4, -0.2) is 23.8 Å². The third-order valence-corrected chi connectivity index (χ3v) is 6.49. The average molecular weight is 282 g/mol. The van der Waals surface area contributed by atoms with Crippen LogP contribution in [0.25, 0.3) is 0 Å². The van der Waals surface area contributed by atoms with E-state index in [1.54, 1.807) is 0 Å². The Morgan fingerprint density at radius 3 is 2.55 bits per heavy atom. The van der Waals surface area contributed by atoms with Gasteiger partial charge in [-0.25, -0.2) is 9.78 Å². The first kappa shape index (κ1) is 13.5. The summed E-state index contributed by atoms with van der Waals surface area (Å²) in [4.78, 5) is 11.8. The molecule has 4 heterocycles. The molecule has 5 rings (SSSR count). The van der Waals surface area contributed by atoms with Crippen molar-refractivity contribution in [3.8, 4) is 0 Å². The zero-order chi connectivity index (χ0) is 14.1. The molecule has 0 amide bonds. The molecule has 114 valence electrons. The second-order valence-corrected chi connectivity index (χ2v) is 7.61. The molecule has 0 aromatic heterocycles. The molecule has 4 aliphatic heterocycles. The van der Waals surface area contributed by atoms with Crippen LogP contribution in [-0.2, 0) is 19.2 Å². The van der Waals surface area contributed by atoms with Crippen molar-refractivity contribution in [2.45, 2.75) is 77.2 Å². The smallest absolute Gasteiger partial charge is 0.201 e. The van der Waals surface area contributed by atoms with Crippen LogP contribution in [0.4, 0.5) is 0 Å². The molecule has 1 spiro atoms. The van der Waals surface area contributed by atoms with Crippen LogP contribution in [0.1, 0.15) is 53.4 Å². The number of fused-ring (bicyclic) bond motifs is 2. The average Bonchev–Trinajstić information content (AvgIpc) is 2.63. The molecule has 4 saturated heterocycles. The van der Waals surface area contributed by atoms with Gasteiger partial charge in [-0.05, 0) is 50.9 Å². The predicted molar refractivity (Wildman–Crippen MR) is 72.5 cm³/mol.